The molecule has 108 valence electrons. The van der Waals surface area contributed by atoms with Crippen molar-refractivity contribution in [1.29, 1.82) is 0 Å². The zero-order chi connectivity index (χ0) is 14.0. The molecule has 1 aromatic carbocycles. The molecule has 1 aromatic rings. The Kier molecular flexibility index (Phi) is 7.74. The number of para-hydroxylation sites is 1. The van der Waals surface area contributed by atoms with Gasteiger partial charge in [0.25, 0.3) is 0 Å². The lowest BCUT2D eigenvalue weighted by Gasteiger charge is -2.25. The minimum atomic E-state index is -2.40. The third kappa shape index (κ3) is 5.73. The fourth-order valence-electron chi connectivity index (χ4n) is 1.95. The lowest BCUT2D eigenvalue weighted by atomic mass is 10.3. The monoisotopic (exact) mass is 283 g/mol. The number of hydrogen-bond acceptors (Lipinski definition) is 4. The third-order valence-corrected chi connectivity index (χ3v) is 5.94. The summed E-state index contributed by atoms with van der Waals surface area (Å²) in [6.07, 6.45) is 2.11. The molecule has 0 spiro atoms. The third-order valence-electron chi connectivity index (χ3n) is 3.00. The molecule has 0 aliphatic rings. The van der Waals surface area contributed by atoms with Gasteiger partial charge >= 0.3 is 8.80 Å². The molecule has 0 saturated carbocycles. The summed E-state index contributed by atoms with van der Waals surface area (Å²) in [5.74, 6) is 0. The van der Waals surface area contributed by atoms with Crippen LogP contribution in [0.25, 0.3) is 0 Å². The van der Waals surface area contributed by atoms with Crippen molar-refractivity contribution in [2.24, 2.45) is 0 Å². The zero-order valence-electron chi connectivity index (χ0n) is 12.1. The summed E-state index contributed by atoms with van der Waals surface area (Å²) in [5.41, 5.74) is 1.16. The second-order valence-corrected chi connectivity index (χ2v) is 7.25. The van der Waals surface area contributed by atoms with Crippen molar-refractivity contribution in [2.75, 3.05) is 32.7 Å². The molecule has 0 radical (unpaired) electrons. The Morgan fingerprint density at radius 1 is 1.05 bits per heavy atom. The second kappa shape index (κ2) is 9.09. The largest absolute Gasteiger partial charge is 0.500 e. The van der Waals surface area contributed by atoms with Gasteiger partial charge in [-0.15, -0.1) is 0 Å². The van der Waals surface area contributed by atoms with Crippen LogP contribution >= 0.6 is 0 Å². The van der Waals surface area contributed by atoms with Crippen molar-refractivity contribution in [3.63, 3.8) is 0 Å². The van der Waals surface area contributed by atoms with Crippen molar-refractivity contribution < 1.29 is 13.3 Å². The molecule has 1 rings (SSSR count). The summed E-state index contributed by atoms with van der Waals surface area (Å²) in [6, 6.07) is 11.1. The maximum Gasteiger partial charge on any atom is 0.500 e. The summed E-state index contributed by atoms with van der Waals surface area (Å²) in [7, 11) is 0.948. The maximum atomic E-state index is 5.67. The summed E-state index contributed by atoms with van der Waals surface area (Å²) in [5, 5.41) is 3.39. The van der Waals surface area contributed by atoms with Crippen molar-refractivity contribution >= 4 is 14.5 Å². The molecule has 0 aliphatic heterocycles. The van der Waals surface area contributed by atoms with Crippen LogP contribution in [0.4, 0.5) is 5.69 Å². The molecule has 5 heteroatoms. The lowest BCUT2D eigenvalue weighted by molar-refractivity contribution is 0.103. The van der Waals surface area contributed by atoms with Crippen molar-refractivity contribution in [1.82, 2.24) is 0 Å². The molecule has 0 bridgehead atoms. The number of rotatable bonds is 10. The van der Waals surface area contributed by atoms with Crippen LogP contribution in [0.15, 0.2) is 30.3 Å². The van der Waals surface area contributed by atoms with Gasteiger partial charge in [0.15, 0.2) is 0 Å². The number of benzene rings is 1. The van der Waals surface area contributed by atoms with Gasteiger partial charge < -0.3 is 18.6 Å². The minimum Gasteiger partial charge on any atom is -0.385 e. The first-order valence-corrected chi connectivity index (χ1v) is 8.72. The van der Waals surface area contributed by atoms with Gasteiger partial charge in [0, 0.05) is 39.1 Å². The van der Waals surface area contributed by atoms with E-state index in [9.17, 15) is 0 Å². The second-order valence-electron chi connectivity index (χ2n) is 4.27. The predicted octanol–water partition coefficient (Wildman–Crippen LogP) is 3.15. The molecule has 0 aliphatic carbocycles. The zero-order valence-corrected chi connectivity index (χ0v) is 13.1. The maximum absolute atomic E-state index is 5.67. The average Bonchev–Trinajstić information content (AvgIpc) is 2.47. The Bertz CT molecular complexity index is 331. The number of hydrogen-bond donors (Lipinski definition) is 1. The van der Waals surface area contributed by atoms with Gasteiger partial charge in [-0.1, -0.05) is 18.2 Å². The van der Waals surface area contributed by atoms with E-state index in [4.69, 9.17) is 13.3 Å². The highest BCUT2D eigenvalue weighted by atomic mass is 28.4. The van der Waals surface area contributed by atoms with E-state index in [2.05, 4.69) is 17.4 Å². The molecule has 0 fully saturated rings. The fourth-order valence-corrected chi connectivity index (χ4v) is 4.03. The molecular formula is C14H25NO3Si. The van der Waals surface area contributed by atoms with Crippen LogP contribution in [0.1, 0.15) is 19.8 Å². The van der Waals surface area contributed by atoms with Crippen LogP contribution in [0.2, 0.25) is 6.04 Å². The molecule has 0 heterocycles. The Hall–Kier alpha value is -0.883. The van der Waals surface area contributed by atoms with Crippen LogP contribution in [0.3, 0.4) is 0 Å². The molecule has 0 aromatic heterocycles. The van der Waals surface area contributed by atoms with Gasteiger partial charge in [0.1, 0.15) is 0 Å². The van der Waals surface area contributed by atoms with Gasteiger partial charge in [-0.05, 0) is 31.9 Å². The topological polar surface area (TPSA) is 39.7 Å². The van der Waals surface area contributed by atoms with E-state index in [0.717, 1.165) is 31.1 Å². The standard InChI is InChI=1S/C14H25NO3Si/c1-4-18-19(16-2,17-3)13-9-8-12-15-14-10-6-5-7-11-14/h5-7,10-11,15H,4,8-9,12-13H2,1-3H3. The molecule has 19 heavy (non-hydrogen) atoms. The highest BCUT2D eigenvalue weighted by Gasteiger charge is 2.37. The van der Waals surface area contributed by atoms with Gasteiger partial charge in [0.2, 0.25) is 0 Å². The first-order valence-electron chi connectivity index (χ1n) is 6.79. The van der Waals surface area contributed by atoms with Crippen LogP contribution in [0, 0.1) is 0 Å². The highest BCUT2D eigenvalue weighted by Crippen LogP contribution is 2.17. The molecule has 4 nitrogen and oxygen atoms in total. The van der Waals surface area contributed by atoms with E-state index in [1.165, 1.54) is 0 Å². The Morgan fingerprint density at radius 2 is 1.74 bits per heavy atom. The molecule has 0 atom stereocenters. The summed E-state index contributed by atoms with van der Waals surface area (Å²) < 4.78 is 16.6. The van der Waals surface area contributed by atoms with E-state index in [0.29, 0.717) is 6.61 Å². The van der Waals surface area contributed by atoms with Gasteiger partial charge in [-0.2, -0.15) is 0 Å². The summed E-state index contributed by atoms with van der Waals surface area (Å²) in [6.45, 7) is 3.56. The normalized spacial score (nSPS) is 11.5. The van der Waals surface area contributed by atoms with Crippen LogP contribution < -0.4 is 5.32 Å². The van der Waals surface area contributed by atoms with Crippen molar-refractivity contribution in [2.45, 2.75) is 25.8 Å². The molecule has 1 N–H and O–H groups in total. The first kappa shape index (κ1) is 16.2. The number of anilines is 1. The fraction of sp³-hybridized carbons (Fsp3) is 0.571. The Labute approximate surface area is 117 Å². The van der Waals surface area contributed by atoms with Gasteiger partial charge in [0.05, 0.1) is 0 Å². The molecule has 0 amide bonds. The molecule has 0 unspecified atom stereocenters. The van der Waals surface area contributed by atoms with Crippen LogP contribution in [0.5, 0.6) is 0 Å². The number of nitrogens with one attached hydrogen (secondary N) is 1. The number of unbranched alkanes of at least 4 members (excludes halogenated alkanes) is 1. The highest BCUT2D eigenvalue weighted by molar-refractivity contribution is 6.60. The van der Waals surface area contributed by atoms with Crippen LogP contribution in [-0.4, -0.2) is 36.2 Å². The SMILES string of the molecule is CCO[Si](CCCCNc1ccccc1)(OC)OC. The Morgan fingerprint density at radius 3 is 2.32 bits per heavy atom. The summed E-state index contributed by atoms with van der Waals surface area (Å²) in [4.78, 5) is 0. The van der Waals surface area contributed by atoms with Gasteiger partial charge in [-0.3, -0.25) is 0 Å². The first-order chi connectivity index (χ1) is 9.26. The Balaban J connectivity index is 2.22. The minimum absolute atomic E-state index is 0.635. The quantitative estimate of drug-likeness (QED) is 0.529. The average molecular weight is 283 g/mol. The lowest BCUT2D eigenvalue weighted by Crippen LogP contribution is -2.43. The van der Waals surface area contributed by atoms with E-state index in [-0.39, 0.29) is 0 Å². The van der Waals surface area contributed by atoms with Crippen molar-refractivity contribution in [3.05, 3.63) is 30.3 Å². The molecular weight excluding hydrogens is 258 g/mol. The van der Waals surface area contributed by atoms with E-state index in [1.54, 1.807) is 14.2 Å². The van der Waals surface area contributed by atoms with Crippen LogP contribution in [-0.2, 0) is 13.3 Å². The van der Waals surface area contributed by atoms with E-state index in [1.807, 2.05) is 25.1 Å². The smallest absolute Gasteiger partial charge is 0.385 e. The summed E-state index contributed by atoms with van der Waals surface area (Å²) >= 11 is 0. The van der Waals surface area contributed by atoms with Gasteiger partial charge in [-0.25, -0.2) is 0 Å². The van der Waals surface area contributed by atoms with Crippen molar-refractivity contribution in [3.8, 4) is 0 Å². The van der Waals surface area contributed by atoms with E-state index >= 15 is 0 Å². The van der Waals surface area contributed by atoms with E-state index < -0.39 is 8.80 Å². The molecule has 0 saturated heterocycles. The predicted molar refractivity (Wildman–Crippen MR) is 80.4 cm³/mol.